The predicted octanol–water partition coefficient (Wildman–Crippen LogP) is 6.57. The molecule has 1 atom stereocenters. The average molecular weight is 677 g/mol. The van der Waals surface area contributed by atoms with Crippen molar-refractivity contribution in [3.63, 3.8) is 0 Å². The molecule has 4 heterocycles. The van der Waals surface area contributed by atoms with Gasteiger partial charge < -0.3 is 4.74 Å². The van der Waals surface area contributed by atoms with Crippen LogP contribution in [0.1, 0.15) is 23.9 Å². The second-order valence-electron chi connectivity index (χ2n) is 9.94. The maximum absolute atomic E-state index is 15.4. The zero-order valence-corrected chi connectivity index (χ0v) is 24.3. The molecule has 0 fully saturated rings. The highest BCUT2D eigenvalue weighted by atomic mass is 35.5. The largest absolute Gasteiger partial charge is 0.439 e. The summed E-state index contributed by atoms with van der Waals surface area (Å²) in [6.07, 6.45) is 0.367. The van der Waals surface area contributed by atoms with Crippen molar-refractivity contribution < 1.29 is 35.6 Å². The quantitative estimate of drug-likeness (QED) is 0.161. The number of aromatic nitrogens is 8. The lowest BCUT2D eigenvalue weighted by molar-refractivity contribution is -0.141. The minimum absolute atomic E-state index is 0.0201. The zero-order valence-electron chi connectivity index (χ0n) is 23.5. The molecule has 242 valence electrons. The van der Waals surface area contributed by atoms with Crippen molar-refractivity contribution >= 4 is 11.6 Å². The van der Waals surface area contributed by atoms with Crippen molar-refractivity contribution in [1.82, 2.24) is 39.9 Å². The number of nitrogens with one attached hydrogen (secondary N) is 1. The summed E-state index contributed by atoms with van der Waals surface area (Å²) in [5.74, 6) is -1.37. The van der Waals surface area contributed by atoms with Gasteiger partial charge in [0.05, 0.1) is 41.4 Å². The SMILES string of the molecule is O=c1[nH]c(-c2ccc(-c3cnn(C(CCOC(F)F)c4ccc(-c5c(-n6cc(C(F)(F)F)nn6)ccc(Cl)c5F)cn4)c3)cc2)no1. The Hall–Kier alpha value is -5.29. The van der Waals surface area contributed by atoms with Gasteiger partial charge in [0.1, 0.15) is 0 Å². The van der Waals surface area contributed by atoms with E-state index in [1.165, 1.54) is 35.1 Å². The van der Waals surface area contributed by atoms with Gasteiger partial charge in [-0.15, -0.1) is 5.10 Å². The molecule has 0 aliphatic heterocycles. The van der Waals surface area contributed by atoms with Crippen LogP contribution in [0.2, 0.25) is 5.02 Å². The molecule has 0 saturated heterocycles. The van der Waals surface area contributed by atoms with E-state index in [0.717, 1.165) is 10.2 Å². The standard InChI is InChI=1S/C29H19ClF6N8O3/c30-19-6-8-22(44-14-23(40-42-44)29(34,35)36)24(25(19)31)17-5-7-20(37-11-17)21(9-10-46-27(32)33)43-13-18(12-38-43)15-1-3-16(4-2-15)26-39-28(45)47-41-26/h1-8,11-14,21,27H,9-10H2,(H,39,41,45). The molecule has 0 aliphatic rings. The summed E-state index contributed by atoms with van der Waals surface area (Å²) in [6.45, 7) is -3.36. The van der Waals surface area contributed by atoms with E-state index in [1.54, 1.807) is 36.7 Å². The number of hydrogen-bond acceptors (Lipinski definition) is 8. The second-order valence-corrected chi connectivity index (χ2v) is 10.3. The van der Waals surface area contributed by atoms with Crippen LogP contribution in [-0.2, 0) is 10.9 Å². The van der Waals surface area contributed by atoms with Gasteiger partial charge in [0.25, 0.3) is 0 Å². The van der Waals surface area contributed by atoms with Crippen LogP contribution in [0, 0.1) is 5.82 Å². The van der Waals surface area contributed by atoms with Gasteiger partial charge in [0.2, 0.25) is 0 Å². The highest BCUT2D eigenvalue weighted by molar-refractivity contribution is 6.31. The molecule has 6 aromatic rings. The number of rotatable bonds is 10. The van der Waals surface area contributed by atoms with Gasteiger partial charge in [-0.2, -0.15) is 27.1 Å². The van der Waals surface area contributed by atoms with Gasteiger partial charge >= 0.3 is 18.5 Å². The van der Waals surface area contributed by atoms with E-state index in [0.29, 0.717) is 23.0 Å². The fourth-order valence-electron chi connectivity index (χ4n) is 4.78. The molecule has 1 N–H and O–H groups in total. The zero-order chi connectivity index (χ0) is 33.3. The molecule has 6 rings (SSSR count). The summed E-state index contributed by atoms with van der Waals surface area (Å²) in [4.78, 5) is 18.1. The van der Waals surface area contributed by atoms with Crippen LogP contribution in [0.4, 0.5) is 26.3 Å². The molecule has 4 aromatic heterocycles. The van der Waals surface area contributed by atoms with E-state index in [9.17, 15) is 26.7 Å². The Bertz CT molecular complexity index is 2060. The molecular weight excluding hydrogens is 658 g/mol. The van der Waals surface area contributed by atoms with E-state index in [2.05, 4.69) is 39.8 Å². The molecule has 1 unspecified atom stereocenters. The number of halogens is 7. The summed E-state index contributed by atoms with van der Waals surface area (Å²) in [7, 11) is 0. The first-order valence-electron chi connectivity index (χ1n) is 13.5. The first kappa shape index (κ1) is 31.7. The molecule has 2 aromatic carbocycles. The van der Waals surface area contributed by atoms with E-state index in [1.807, 2.05) is 0 Å². The Kier molecular flexibility index (Phi) is 8.65. The van der Waals surface area contributed by atoms with E-state index in [-0.39, 0.29) is 40.7 Å². The van der Waals surface area contributed by atoms with Gasteiger partial charge in [-0.1, -0.05) is 52.3 Å². The first-order chi connectivity index (χ1) is 22.5. The molecule has 0 radical (unpaired) electrons. The average Bonchev–Trinajstić information content (AvgIpc) is 3.82. The third kappa shape index (κ3) is 6.80. The highest BCUT2D eigenvalue weighted by Crippen LogP contribution is 2.35. The van der Waals surface area contributed by atoms with Crippen molar-refractivity contribution in [1.29, 1.82) is 0 Å². The highest BCUT2D eigenvalue weighted by Gasteiger charge is 2.35. The maximum atomic E-state index is 15.4. The summed E-state index contributed by atoms with van der Waals surface area (Å²) in [5, 5.41) is 14.4. The molecule has 0 amide bonds. The van der Waals surface area contributed by atoms with Crippen LogP contribution < -0.4 is 5.76 Å². The minimum Gasteiger partial charge on any atom is -0.323 e. The topological polar surface area (TPSA) is 130 Å². The molecule has 18 heteroatoms. The van der Waals surface area contributed by atoms with Crippen molar-refractivity contribution in [2.75, 3.05) is 6.61 Å². The molecule has 0 bridgehead atoms. The smallest absolute Gasteiger partial charge is 0.323 e. The van der Waals surface area contributed by atoms with Crippen LogP contribution >= 0.6 is 11.6 Å². The predicted molar refractivity (Wildman–Crippen MR) is 153 cm³/mol. The van der Waals surface area contributed by atoms with Crippen LogP contribution in [0.15, 0.2) is 82.6 Å². The van der Waals surface area contributed by atoms with Crippen molar-refractivity contribution in [3.8, 4) is 39.3 Å². The Balaban J connectivity index is 1.31. The van der Waals surface area contributed by atoms with Crippen LogP contribution in [0.25, 0.3) is 39.3 Å². The van der Waals surface area contributed by atoms with Crippen molar-refractivity contribution in [2.45, 2.75) is 25.3 Å². The molecule has 0 saturated carbocycles. The third-order valence-corrected chi connectivity index (χ3v) is 7.30. The fourth-order valence-corrected chi connectivity index (χ4v) is 4.94. The van der Waals surface area contributed by atoms with E-state index in [4.69, 9.17) is 11.6 Å². The summed E-state index contributed by atoms with van der Waals surface area (Å²) >= 11 is 6.01. The van der Waals surface area contributed by atoms with Gasteiger partial charge in [-0.3, -0.25) is 19.2 Å². The number of H-pyrrole nitrogens is 1. The second kappa shape index (κ2) is 12.8. The number of hydrogen-bond donors (Lipinski definition) is 1. The van der Waals surface area contributed by atoms with Crippen LogP contribution in [-0.4, -0.2) is 53.1 Å². The summed E-state index contributed by atoms with van der Waals surface area (Å²) in [5.41, 5.74) is 0.946. The minimum atomic E-state index is -4.77. The van der Waals surface area contributed by atoms with Gasteiger partial charge in [0.15, 0.2) is 17.3 Å². The number of ether oxygens (including phenoxy) is 1. The molecular formula is C29H19ClF6N8O3. The Labute approximate surface area is 264 Å². The summed E-state index contributed by atoms with van der Waals surface area (Å²) in [6, 6.07) is 11.6. The third-order valence-electron chi connectivity index (χ3n) is 7.01. The molecule has 0 aliphatic carbocycles. The fraction of sp³-hybridized carbons (Fsp3) is 0.172. The van der Waals surface area contributed by atoms with Crippen molar-refractivity contribution in [3.05, 3.63) is 106 Å². The monoisotopic (exact) mass is 676 g/mol. The molecule has 47 heavy (non-hydrogen) atoms. The lowest BCUT2D eigenvalue weighted by Crippen LogP contribution is -2.16. The van der Waals surface area contributed by atoms with Gasteiger partial charge in [0, 0.05) is 34.6 Å². The van der Waals surface area contributed by atoms with E-state index < -0.39 is 36.1 Å². The first-order valence-corrected chi connectivity index (χ1v) is 13.9. The number of aromatic amines is 1. The molecule has 11 nitrogen and oxygen atoms in total. The number of alkyl halides is 5. The lowest BCUT2D eigenvalue weighted by atomic mass is 10.0. The summed E-state index contributed by atoms with van der Waals surface area (Å²) < 4.78 is 91.8. The van der Waals surface area contributed by atoms with Crippen LogP contribution in [0.5, 0.6) is 0 Å². The van der Waals surface area contributed by atoms with Gasteiger partial charge in [-0.05, 0) is 30.2 Å². The Morgan fingerprint density at radius 3 is 2.34 bits per heavy atom. The lowest BCUT2D eigenvalue weighted by Gasteiger charge is -2.18. The molecule has 0 spiro atoms. The normalized spacial score (nSPS) is 12.6. The van der Waals surface area contributed by atoms with Crippen LogP contribution in [0.3, 0.4) is 0 Å². The maximum Gasteiger partial charge on any atom is 0.439 e. The Morgan fingerprint density at radius 1 is 0.957 bits per heavy atom. The Morgan fingerprint density at radius 2 is 1.70 bits per heavy atom. The number of nitrogens with zero attached hydrogens (tertiary/aromatic N) is 7. The number of benzene rings is 2. The van der Waals surface area contributed by atoms with Crippen molar-refractivity contribution in [2.24, 2.45) is 0 Å². The van der Waals surface area contributed by atoms with E-state index >= 15 is 4.39 Å². The van der Waals surface area contributed by atoms with Gasteiger partial charge in [-0.25, -0.2) is 13.9 Å². The number of pyridine rings is 1.